The Kier molecular flexibility index (Phi) is 3.77. The van der Waals surface area contributed by atoms with Crippen LogP contribution in [0.5, 0.6) is 0 Å². The molecule has 0 aliphatic carbocycles. The third-order valence-electron chi connectivity index (χ3n) is 1.62. The van der Waals surface area contributed by atoms with Crippen LogP contribution in [0.4, 0.5) is 8.78 Å². The molecular weight excluding hydrogens is 326 g/mol. The summed E-state index contributed by atoms with van der Waals surface area (Å²) in [5.74, 6) is 0. The normalized spacial score (nSPS) is 10.7. The van der Waals surface area contributed by atoms with Crippen LogP contribution in [-0.2, 0) is 0 Å². The molecule has 0 aliphatic rings. The van der Waals surface area contributed by atoms with Crippen molar-refractivity contribution in [2.24, 2.45) is 0 Å². The van der Waals surface area contributed by atoms with E-state index in [1.54, 1.807) is 29.5 Å². The molecule has 14 heavy (non-hydrogen) atoms. The predicted octanol–water partition coefficient (Wildman–Crippen LogP) is 3.31. The Labute approximate surface area is 97.8 Å². The first kappa shape index (κ1) is 11.8. The van der Waals surface area contributed by atoms with Gasteiger partial charge in [-0.15, -0.1) is 0 Å². The first-order valence-corrected chi connectivity index (χ1v) is 5.04. The SMILES string of the molecule is Cc1cc(I)nc(C(F)F)c1C(=O)Cl. The molecule has 0 unspecified atom stereocenters. The molecule has 0 radical (unpaired) electrons. The number of halogens is 4. The predicted molar refractivity (Wildman–Crippen MR) is 56.8 cm³/mol. The monoisotopic (exact) mass is 331 g/mol. The molecule has 1 rings (SSSR count). The van der Waals surface area contributed by atoms with Crippen molar-refractivity contribution >= 4 is 39.4 Å². The average Bonchev–Trinajstić information content (AvgIpc) is 2.01. The van der Waals surface area contributed by atoms with E-state index in [2.05, 4.69) is 4.98 Å². The maximum atomic E-state index is 12.5. The van der Waals surface area contributed by atoms with E-state index in [1.807, 2.05) is 0 Å². The summed E-state index contributed by atoms with van der Waals surface area (Å²) in [5, 5.41) is -0.901. The molecule has 76 valence electrons. The maximum absolute atomic E-state index is 12.5. The number of hydrogen-bond acceptors (Lipinski definition) is 2. The van der Waals surface area contributed by atoms with Crippen LogP contribution in [0, 0.1) is 10.6 Å². The van der Waals surface area contributed by atoms with Crippen LogP contribution in [0.3, 0.4) is 0 Å². The molecule has 0 spiro atoms. The minimum Gasteiger partial charge on any atom is -0.276 e. The number of aromatic nitrogens is 1. The summed E-state index contributed by atoms with van der Waals surface area (Å²) < 4.78 is 25.4. The van der Waals surface area contributed by atoms with E-state index >= 15 is 0 Å². The zero-order valence-corrected chi connectivity index (χ0v) is 9.94. The molecule has 2 nitrogen and oxygen atoms in total. The number of pyridine rings is 1. The van der Waals surface area contributed by atoms with Gasteiger partial charge < -0.3 is 0 Å². The van der Waals surface area contributed by atoms with Crippen LogP contribution in [0.1, 0.15) is 28.0 Å². The first-order valence-electron chi connectivity index (χ1n) is 3.58. The Balaban J connectivity index is 3.44. The van der Waals surface area contributed by atoms with Crippen molar-refractivity contribution < 1.29 is 13.6 Å². The summed E-state index contributed by atoms with van der Waals surface area (Å²) in [7, 11) is 0. The van der Waals surface area contributed by atoms with E-state index in [-0.39, 0.29) is 5.56 Å². The molecule has 0 N–H and O–H groups in total. The maximum Gasteiger partial charge on any atom is 0.281 e. The van der Waals surface area contributed by atoms with Gasteiger partial charge in [-0.05, 0) is 52.7 Å². The smallest absolute Gasteiger partial charge is 0.276 e. The van der Waals surface area contributed by atoms with Gasteiger partial charge in [-0.1, -0.05) is 0 Å². The molecule has 0 amide bonds. The topological polar surface area (TPSA) is 30.0 Å². The van der Waals surface area contributed by atoms with Crippen LogP contribution >= 0.6 is 34.2 Å². The standard InChI is InChI=1S/C8H5ClF2INO/c1-3-2-4(12)13-6(8(10)11)5(3)7(9)14/h2,8H,1H3. The lowest BCUT2D eigenvalue weighted by Crippen LogP contribution is -2.05. The highest BCUT2D eigenvalue weighted by Gasteiger charge is 2.21. The highest BCUT2D eigenvalue weighted by Crippen LogP contribution is 2.25. The zero-order valence-electron chi connectivity index (χ0n) is 7.02. The van der Waals surface area contributed by atoms with Gasteiger partial charge in [0, 0.05) is 0 Å². The molecule has 0 bridgehead atoms. The Morgan fingerprint density at radius 1 is 1.64 bits per heavy atom. The van der Waals surface area contributed by atoms with E-state index in [4.69, 9.17) is 11.6 Å². The average molecular weight is 331 g/mol. The van der Waals surface area contributed by atoms with Gasteiger partial charge in [0.1, 0.15) is 9.39 Å². The summed E-state index contributed by atoms with van der Waals surface area (Å²) in [6.45, 7) is 1.55. The first-order chi connectivity index (χ1) is 6.43. The van der Waals surface area contributed by atoms with Crippen molar-refractivity contribution in [2.75, 3.05) is 0 Å². The van der Waals surface area contributed by atoms with E-state index in [1.165, 1.54) is 6.07 Å². The Morgan fingerprint density at radius 3 is 2.64 bits per heavy atom. The van der Waals surface area contributed by atoms with E-state index in [0.717, 1.165) is 0 Å². The molecule has 6 heteroatoms. The van der Waals surface area contributed by atoms with Gasteiger partial charge in [-0.2, -0.15) is 0 Å². The molecule has 1 aromatic heterocycles. The second kappa shape index (κ2) is 4.48. The van der Waals surface area contributed by atoms with Gasteiger partial charge in [-0.3, -0.25) is 4.79 Å². The molecule has 1 heterocycles. The fourth-order valence-corrected chi connectivity index (χ4v) is 2.04. The molecule has 0 saturated carbocycles. The number of hydrogen-bond donors (Lipinski definition) is 0. The third kappa shape index (κ3) is 2.38. The minimum absolute atomic E-state index is 0.193. The van der Waals surface area contributed by atoms with Crippen molar-refractivity contribution in [2.45, 2.75) is 13.3 Å². The Morgan fingerprint density at radius 2 is 2.21 bits per heavy atom. The van der Waals surface area contributed by atoms with Crippen molar-refractivity contribution in [1.82, 2.24) is 4.98 Å². The van der Waals surface area contributed by atoms with Gasteiger partial charge >= 0.3 is 0 Å². The highest BCUT2D eigenvalue weighted by atomic mass is 127. The fraction of sp³-hybridized carbons (Fsp3) is 0.250. The number of nitrogens with zero attached hydrogens (tertiary/aromatic N) is 1. The zero-order chi connectivity index (χ0) is 10.9. The van der Waals surface area contributed by atoms with E-state index in [9.17, 15) is 13.6 Å². The van der Waals surface area contributed by atoms with Crippen LogP contribution in [-0.4, -0.2) is 10.2 Å². The van der Waals surface area contributed by atoms with E-state index < -0.39 is 17.4 Å². The lowest BCUT2D eigenvalue weighted by molar-refractivity contribution is 0.106. The van der Waals surface area contributed by atoms with Crippen molar-refractivity contribution in [3.05, 3.63) is 26.6 Å². The van der Waals surface area contributed by atoms with Gasteiger partial charge in [0.05, 0.1) is 5.56 Å². The Hall–Kier alpha value is -0.300. The van der Waals surface area contributed by atoms with Crippen LogP contribution in [0.15, 0.2) is 6.07 Å². The van der Waals surface area contributed by atoms with Gasteiger partial charge in [0.25, 0.3) is 11.7 Å². The lowest BCUT2D eigenvalue weighted by Gasteiger charge is -2.07. The summed E-state index contributed by atoms with van der Waals surface area (Å²) in [6.07, 6.45) is -2.79. The Bertz CT molecular complexity index is 384. The highest BCUT2D eigenvalue weighted by molar-refractivity contribution is 14.1. The van der Waals surface area contributed by atoms with Gasteiger partial charge in [0.15, 0.2) is 0 Å². The summed E-state index contributed by atoms with van der Waals surface area (Å²) in [6, 6.07) is 1.53. The van der Waals surface area contributed by atoms with Crippen molar-refractivity contribution in [1.29, 1.82) is 0 Å². The summed E-state index contributed by atoms with van der Waals surface area (Å²) in [4.78, 5) is 14.5. The molecule has 0 aliphatic heterocycles. The summed E-state index contributed by atoms with van der Waals surface area (Å²) in [5.41, 5.74) is -0.323. The molecule has 0 aromatic carbocycles. The number of carbonyl (C=O) groups is 1. The number of rotatable bonds is 2. The van der Waals surface area contributed by atoms with Crippen molar-refractivity contribution in [3.63, 3.8) is 0 Å². The molecule has 0 atom stereocenters. The van der Waals surface area contributed by atoms with Crippen LogP contribution in [0.2, 0.25) is 0 Å². The fourth-order valence-electron chi connectivity index (χ4n) is 1.07. The number of aryl methyl sites for hydroxylation is 1. The quantitative estimate of drug-likeness (QED) is 0.473. The van der Waals surface area contributed by atoms with E-state index in [0.29, 0.717) is 9.26 Å². The van der Waals surface area contributed by atoms with Gasteiger partial charge in [0.2, 0.25) is 0 Å². The second-order valence-corrected chi connectivity index (χ2v) is 4.05. The van der Waals surface area contributed by atoms with Crippen LogP contribution < -0.4 is 0 Å². The lowest BCUT2D eigenvalue weighted by atomic mass is 10.1. The molecular formula is C8H5ClF2INO. The van der Waals surface area contributed by atoms with Crippen LogP contribution in [0.25, 0.3) is 0 Å². The third-order valence-corrected chi connectivity index (χ3v) is 2.36. The molecule has 1 aromatic rings. The molecule has 0 fully saturated rings. The largest absolute Gasteiger partial charge is 0.281 e. The minimum atomic E-state index is -2.79. The van der Waals surface area contributed by atoms with Crippen molar-refractivity contribution in [3.8, 4) is 0 Å². The number of carbonyl (C=O) groups excluding carboxylic acids is 1. The van der Waals surface area contributed by atoms with Gasteiger partial charge in [-0.25, -0.2) is 13.8 Å². The second-order valence-electron chi connectivity index (χ2n) is 2.60. The molecule has 0 saturated heterocycles. The number of alkyl halides is 2. The summed E-state index contributed by atoms with van der Waals surface area (Å²) >= 11 is 7.00.